The van der Waals surface area contributed by atoms with Gasteiger partial charge in [0, 0.05) is 37.9 Å². The maximum Gasteiger partial charge on any atom is 0.352 e. The number of nitrogens with zero attached hydrogens (tertiary/aromatic N) is 3. The van der Waals surface area contributed by atoms with E-state index in [0.717, 1.165) is 0 Å². The molecule has 73 heavy (non-hydrogen) atoms. The fourth-order valence-corrected chi connectivity index (χ4v) is 7.44. The summed E-state index contributed by atoms with van der Waals surface area (Å²) in [5.74, 6) is -7.99. The Morgan fingerprint density at radius 3 is 2.08 bits per heavy atom. The van der Waals surface area contributed by atoms with Gasteiger partial charge in [0.05, 0.1) is 18.7 Å². The minimum atomic E-state index is -1.56. The number of aliphatic hydroxyl groups excluding tert-OH is 1. The standard InChI is InChI=1S/C45H77N17O11/c1-26(56-42(70)36(34(63)24-49)61-38(66)28(50)12-2-5-17-46)37(65)55-25-35(64)57-30(14-8-19-48)43(71)62-22-10-16-33(62)41(69)60-32(23-27-11-4-7-20-53-27)40(68)58-29(13-3-6-18-47)39(67)59-31(44(72)73)15-9-21-54-45(51)52/h4,7,11,15,20,26,28-30,32-34,36,63H,2-3,5-6,8-10,12-14,16-19,21-25,46-50H2,1H3,(H,55,65)(H,56,70)(H,57,64)(H,58,68)(H,59,67)(H,60,69)(H,61,66)(H,72,73)(H4,51,52,54)/b31-15-/t26-,28-,29-,30+,32?,33-,34-,36-/m0/s1. The second kappa shape index (κ2) is 33.7. The van der Waals surface area contributed by atoms with Crippen molar-refractivity contribution in [3.8, 4) is 0 Å². The number of carbonyl (C=O) groups is 9. The van der Waals surface area contributed by atoms with Crippen molar-refractivity contribution < 1.29 is 53.4 Å². The number of aliphatic hydroxyl groups is 1. The highest BCUT2D eigenvalue weighted by Crippen LogP contribution is 2.20. The van der Waals surface area contributed by atoms with Crippen molar-refractivity contribution >= 4 is 59.2 Å². The lowest BCUT2D eigenvalue weighted by atomic mass is 10.0. The molecule has 1 saturated heterocycles. The highest BCUT2D eigenvalue weighted by molar-refractivity contribution is 5.99. The molecule has 1 unspecified atom stereocenters. The van der Waals surface area contributed by atoms with Gasteiger partial charge in [-0.2, -0.15) is 0 Å². The third kappa shape index (κ3) is 22.6. The highest BCUT2D eigenvalue weighted by atomic mass is 16.4. The van der Waals surface area contributed by atoms with Gasteiger partial charge < -0.3 is 92.5 Å². The molecule has 2 heterocycles. The van der Waals surface area contributed by atoms with E-state index in [4.69, 9.17) is 40.1 Å². The number of amides is 8. The van der Waals surface area contributed by atoms with Gasteiger partial charge in [-0.1, -0.05) is 18.6 Å². The summed E-state index contributed by atoms with van der Waals surface area (Å²) in [6.07, 6.45) is 4.28. The van der Waals surface area contributed by atoms with E-state index in [2.05, 4.69) is 47.2 Å². The molecular formula is C45H77N17O11. The Morgan fingerprint density at radius 2 is 1.47 bits per heavy atom. The Balaban J connectivity index is 2.23. The summed E-state index contributed by atoms with van der Waals surface area (Å²) in [7, 11) is 0. The highest BCUT2D eigenvalue weighted by Gasteiger charge is 2.40. The van der Waals surface area contributed by atoms with Crippen molar-refractivity contribution in [2.24, 2.45) is 45.1 Å². The van der Waals surface area contributed by atoms with Crippen LogP contribution in [-0.2, 0) is 49.6 Å². The molecule has 0 saturated carbocycles. The van der Waals surface area contributed by atoms with Gasteiger partial charge in [0.25, 0.3) is 0 Å². The van der Waals surface area contributed by atoms with E-state index in [1.165, 1.54) is 24.1 Å². The first kappa shape index (κ1) is 62.3. The number of aliphatic carboxylic acids is 1. The fourth-order valence-electron chi connectivity index (χ4n) is 7.44. The Hall–Kier alpha value is -6.85. The number of rotatable bonds is 34. The summed E-state index contributed by atoms with van der Waals surface area (Å²) in [5, 5.41) is 37.6. The number of guanidine groups is 1. The summed E-state index contributed by atoms with van der Waals surface area (Å²) >= 11 is 0. The van der Waals surface area contributed by atoms with Crippen LogP contribution in [0.25, 0.3) is 0 Å². The van der Waals surface area contributed by atoms with Gasteiger partial charge in [-0.15, -0.1) is 0 Å². The summed E-state index contributed by atoms with van der Waals surface area (Å²) in [5.41, 5.74) is 39.0. The van der Waals surface area contributed by atoms with Crippen LogP contribution in [0.15, 0.2) is 41.2 Å². The molecule has 0 bridgehead atoms. The third-order valence-corrected chi connectivity index (χ3v) is 11.5. The minimum Gasteiger partial charge on any atom is -0.477 e. The number of hydrogen-bond acceptors (Lipinski definition) is 17. The molecule has 1 aliphatic rings. The minimum absolute atomic E-state index is 0.0424. The number of carboxylic acid groups (broad SMARTS) is 1. The van der Waals surface area contributed by atoms with Crippen LogP contribution in [-0.4, -0.2) is 173 Å². The third-order valence-electron chi connectivity index (χ3n) is 11.5. The van der Waals surface area contributed by atoms with E-state index in [9.17, 15) is 53.4 Å². The molecule has 1 fully saturated rings. The molecule has 28 nitrogen and oxygen atoms in total. The number of unbranched alkanes of at least 4 members (excludes halogenated alkanes) is 2. The van der Waals surface area contributed by atoms with E-state index in [1.807, 2.05) is 0 Å². The topological polar surface area (TPSA) is 489 Å². The van der Waals surface area contributed by atoms with E-state index in [1.54, 1.807) is 18.2 Å². The van der Waals surface area contributed by atoms with Gasteiger partial charge in [-0.25, -0.2) is 4.79 Å². The molecule has 8 amide bonds. The lowest BCUT2D eigenvalue weighted by Gasteiger charge is -2.30. The SMILES string of the molecule is C[C@H](NC(=O)[C@@H](NC(=O)[C@@H](N)CCCCN)[C@@H](O)CN)C(=O)NCC(=O)N[C@H](CCCN)C(=O)N1CCC[C@H]1C(=O)NC(Cc1ccccn1)C(=O)N[C@@H](CCCCN)C(=O)N/C(=C\CCN=C(N)N)C(=O)O. The molecule has 1 aliphatic heterocycles. The quantitative estimate of drug-likeness (QED) is 0.0132. The number of aromatic nitrogens is 1. The normalized spacial score (nSPS) is 16.2. The van der Waals surface area contributed by atoms with Crippen molar-refractivity contribution in [2.45, 2.75) is 132 Å². The van der Waals surface area contributed by atoms with Crippen LogP contribution in [0.1, 0.15) is 83.2 Å². The number of aliphatic imine (C=N–C) groups is 1. The van der Waals surface area contributed by atoms with Gasteiger partial charge in [-0.05, 0) is 103 Å². The lowest BCUT2D eigenvalue weighted by molar-refractivity contribution is -0.142. The summed E-state index contributed by atoms with van der Waals surface area (Å²) < 4.78 is 0. The zero-order valence-corrected chi connectivity index (χ0v) is 41.4. The molecule has 0 aromatic carbocycles. The van der Waals surface area contributed by atoms with E-state index in [-0.39, 0.29) is 77.1 Å². The Kier molecular flexibility index (Phi) is 28.8. The maximum atomic E-state index is 14.2. The second-order valence-corrected chi connectivity index (χ2v) is 17.3. The first-order valence-corrected chi connectivity index (χ1v) is 24.3. The van der Waals surface area contributed by atoms with Crippen LogP contribution in [0.3, 0.4) is 0 Å². The number of pyridine rings is 1. The van der Waals surface area contributed by atoms with Crippen molar-refractivity contribution in [1.82, 2.24) is 47.1 Å². The first-order chi connectivity index (χ1) is 34.8. The van der Waals surface area contributed by atoms with Crippen molar-refractivity contribution in [3.63, 3.8) is 0 Å². The average Bonchev–Trinajstić information content (AvgIpc) is 3.86. The Labute approximate surface area is 423 Å². The number of carbonyl (C=O) groups excluding carboxylic acids is 8. The molecule has 0 aliphatic carbocycles. The maximum absolute atomic E-state index is 14.2. The van der Waals surface area contributed by atoms with Crippen LogP contribution < -0.4 is 77.4 Å². The number of likely N-dealkylation sites (tertiary alicyclic amines) is 1. The molecule has 28 heteroatoms. The number of nitrogens with two attached hydrogens (primary N) is 7. The molecule has 2 rings (SSSR count). The number of carboxylic acids is 1. The zero-order valence-electron chi connectivity index (χ0n) is 41.4. The summed E-state index contributed by atoms with van der Waals surface area (Å²) in [6, 6.07) is -3.87. The van der Waals surface area contributed by atoms with Crippen LogP contribution in [0.2, 0.25) is 0 Å². The monoisotopic (exact) mass is 1030 g/mol. The molecule has 0 radical (unpaired) electrons. The Bertz CT molecular complexity index is 2040. The van der Waals surface area contributed by atoms with Crippen LogP contribution >= 0.6 is 0 Å². The molecule has 8 atom stereocenters. The second-order valence-electron chi connectivity index (χ2n) is 17.3. The molecule has 0 spiro atoms. The summed E-state index contributed by atoms with van der Waals surface area (Å²) in [4.78, 5) is 129. The van der Waals surface area contributed by atoms with Gasteiger partial charge in [0.15, 0.2) is 5.96 Å². The van der Waals surface area contributed by atoms with Gasteiger partial charge >= 0.3 is 5.97 Å². The molecule has 1 aromatic heterocycles. The first-order valence-electron chi connectivity index (χ1n) is 24.3. The Morgan fingerprint density at radius 1 is 0.795 bits per heavy atom. The zero-order chi connectivity index (χ0) is 54.5. The predicted molar refractivity (Wildman–Crippen MR) is 267 cm³/mol. The van der Waals surface area contributed by atoms with Gasteiger partial charge in [-0.3, -0.25) is 48.3 Å². The summed E-state index contributed by atoms with van der Waals surface area (Å²) in [6.45, 7) is 1.19. The smallest absolute Gasteiger partial charge is 0.352 e. The van der Waals surface area contributed by atoms with E-state index in [0.29, 0.717) is 44.3 Å². The van der Waals surface area contributed by atoms with Crippen LogP contribution in [0.5, 0.6) is 0 Å². The van der Waals surface area contributed by atoms with Crippen molar-refractivity contribution in [2.75, 3.05) is 45.8 Å². The van der Waals surface area contributed by atoms with E-state index < -0.39 is 120 Å². The van der Waals surface area contributed by atoms with Gasteiger partial charge in [0.2, 0.25) is 47.3 Å². The average molecular weight is 1030 g/mol. The van der Waals surface area contributed by atoms with Crippen LogP contribution in [0, 0.1) is 0 Å². The van der Waals surface area contributed by atoms with Gasteiger partial charge in [0.1, 0.15) is 41.9 Å². The largest absolute Gasteiger partial charge is 0.477 e. The number of hydrogen-bond donors (Lipinski definition) is 16. The van der Waals surface area contributed by atoms with E-state index >= 15 is 0 Å². The molecular weight excluding hydrogens is 955 g/mol. The lowest BCUT2D eigenvalue weighted by Crippen LogP contribution is -2.60. The predicted octanol–water partition coefficient (Wildman–Crippen LogP) is -6.43. The molecule has 408 valence electrons. The fraction of sp³-hybridized carbons (Fsp3) is 0.622. The molecule has 23 N–H and O–H groups in total. The molecule has 1 aromatic rings. The van der Waals surface area contributed by atoms with Crippen molar-refractivity contribution in [1.29, 1.82) is 0 Å². The van der Waals surface area contributed by atoms with Crippen molar-refractivity contribution in [3.05, 3.63) is 41.9 Å². The van der Waals surface area contributed by atoms with Crippen LogP contribution in [0.4, 0.5) is 0 Å². The number of nitrogens with one attached hydrogen (secondary N) is 7.